The number of rotatable bonds is 2. The molecule has 0 atom stereocenters. The molecule has 1 aromatic heterocycles. The summed E-state index contributed by atoms with van der Waals surface area (Å²) in [6, 6.07) is 4.75. The maximum absolute atomic E-state index is 4.85. The Morgan fingerprint density at radius 1 is 1.88 bits per heavy atom. The van der Waals surface area contributed by atoms with Crippen molar-refractivity contribution in [1.29, 1.82) is 0 Å². The van der Waals surface area contributed by atoms with E-state index in [0.717, 1.165) is 4.88 Å². The van der Waals surface area contributed by atoms with Gasteiger partial charge in [-0.05, 0) is 12.1 Å². The second kappa shape index (κ2) is 2.84. The molecule has 0 aliphatic heterocycles. The summed E-state index contributed by atoms with van der Waals surface area (Å²) < 4.78 is 4.85. The predicted molar refractivity (Wildman–Crippen MR) is 32.7 cm³/mol. The quantitative estimate of drug-likeness (QED) is 0.583. The fourth-order valence-electron chi connectivity index (χ4n) is 0.442. The van der Waals surface area contributed by atoms with Crippen molar-refractivity contribution in [2.45, 2.75) is 6.61 Å². The van der Waals surface area contributed by atoms with Gasteiger partial charge in [-0.2, -0.15) is 0 Å². The Bertz CT molecular complexity index is 134. The Kier molecular flexibility index (Phi) is 2.06. The van der Waals surface area contributed by atoms with Crippen LogP contribution in [0.2, 0.25) is 0 Å². The van der Waals surface area contributed by atoms with Crippen molar-refractivity contribution in [2.24, 2.45) is 0 Å². The zero-order valence-corrected chi connectivity index (χ0v) is 5.42. The second-order valence-corrected chi connectivity index (χ2v) is 2.30. The smallest absolute Gasteiger partial charge is 0.0812 e. The van der Waals surface area contributed by atoms with Crippen LogP contribution in [-0.2, 0) is 11.3 Å². The zero-order valence-electron chi connectivity index (χ0n) is 4.60. The van der Waals surface area contributed by atoms with Crippen LogP contribution in [0.4, 0.5) is 0 Å². The molecule has 0 aliphatic rings. The van der Waals surface area contributed by atoms with Gasteiger partial charge < -0.3 is 4.74 Å². The fourth-order valence-corrected chi connectivity index (χ4v) is 0.997. The van der Waals surface area contributed by atoms with Gasteiger partial charge in [-0.25, -0.2) is 0 Å². The molecule has 0 saturated heterocycles. The van der Waals surface area contributed by atoms with Gasteiger partial charge in [0.25, 0.3) is 0 Å². The molecule has 0 spiro atoms. The fraction of sp³-hybridized carbons (Fsp3) is 0.333. The first-order valence-corrected chi connectivity index (χ1v) is 3.10. The van der Waals surface area contributed by atoms with E-state index in [4.69, 9.17) is 4.74 Å². The third kappa shape index (κ3) is 1.32. The zero-order chi connectivity index (χ0) is 5.82. The van der Waals surface area contributed by atoms with Gasteiger partial charge in [-0.15, -0.1) is 11.3 Å². The highest BCUT2D eigenvalue weighted by molar-refractivity contribution is 7.09. The first kappa shape index (κ1) is 5.79. The lowest BCUT2D eigenvalue weighted by Gasteiger charge is -1.88. The average Bonchev–Trinajstić information content (AvgIpc) is 2.19. The molecule has 1 aromatic rings. The summed E-state index contributed by atoms with van der Waals surface area (Å²) in [6.07, 6.45) is 0. The monoisotopic (exact) mass is 126 g/mol. The number of hydrogen-bond donors (Lipinski definition) is 0. The predicted octanol–water partition coefficient (Wildman–Crippen LogP) is 1.49. The molecule has 0 unspecified atom stereocenters. The van der Waals surface area contributed by atoms with Crippen LogP contribution in [0.15, 0.2) is 6.07 Å². The molecule has 0 fully saturated rings. The van der Waals surface area contributed by atoms with Crippen molar-refractivity contribution in [1.82, 2.24) is 0 Å². The topological polar surface area (TPSA) is 9.23 Å². The molecule has 1 heterocycles. The molecule has 1 rings (SSSR count). The van der Waals surface area contributed by atoms with E-state index >= 15 is 0 Å². The highest BCUT2D eigenvalue weighted by atomic mass is 32.1. The normalized spacial score (nSPS) is 9.62. The Morgan fingerprint density at radius 2 is 2.75 bits per heavy atom. The largest absolute Gasteiger partial charge is 0.379 e. The number of methoxy groups -OCH3 is 1. The summed E-state index contributed by atoms with van der Waals surface area (Å²) in [4.78, 5) is 1.10. The summed E-state index contributed by atoms with van der Waals surface area (Å²) in [5.41, 5.74) is 0. The molecular formula is C6H6OS. The van der Waals surface area contributed by atoms with Crippen LogP contribution in [0.1, 0.15) is 4.88 Å². The third-order valence-corrected chi connectivity index (χ3v) is 1.47. The third-order valence-electron chi connectivity index (χ3n) is 0.750. The van der Waals surface area contributed by atoms with Crippen LogP contribution in [0, 0.1) is 11.4 Å². The summed E-state index contributed by atoms with van der Waals surface area (Å²) >= 11 is 1.54. The van der Waals surface area contributed by atoms with E-state index < -0.39 is 0 Å². The summed E-state index contributed by atoms with van der Waals surface area (Å²) in [5, 5.41) is 2.92. The van der Waals surface area contributed by atoms with E-state index in [0.29, 0.717) is 6.61 Å². The highest BCUT2D eigenvalue weighted by Gasteiger charge is 1.88. The minimum absolute atomic E-state index is 0.661. The number of hydrogen-bond acceptors (Lipinski definition) is 2. The lowest BCUT2D eigenvalue weighted by molar-refractivity contribution is 0.187. The van der Waals surface area contributed by atoms with Crippen molar-refractivity contribution >= 4 is 11.3 Å². The van der Waals surface area contributed by atoms with Gasteiger partial charge >= 0.3 is 0 Å². The summed E-state index contributed by atoms with van der Waals surface area (Å²) in [5.74, 6) is 0. The Morgan fingerprint density at radius 3 is 3.25 bits per heavy atom. The van der Waals surface area contributed by atoms with Crippen LogP contribution in [0.3, 0.4) is 0 Å². The first-order valence-electron chi connectivity index (χ1n) is 2.29. The SMILES string of the molecule is COCc1[c]c[c]s1. The van der Waals surface area contributed by atoms with Crippen LogP contribution >= 0.6 is 11.3 Å². The molecule has 0 aliphatic carbocycles. The Hall–Kier alpha value is -0.340. The van der Waals surface area contributed by atoms with Gasteiger partial charge in [0.05, 0.1) is 6.61 Å². The minimum Gasteiger partial charge on any atom is -0.379 e. The Balaban J connectivity index is 2.50. The molecule has 8 heavy (non-hydrogen) atoms. The average molecular weight is 126 g/mol. The van der Waals surface area contributed by atoms with Crippen LogP contribution in [-0.4, -0.2) is 7.11 Å². The molecule has 0 amide bonds. The number of thiophene rings is 1. The van der Waals surface area contributed by atoms with Gasteiger partial charge in [-0.3, -0.25) is 0 Å². The van der Waals surface area contributed by atoms with Crippen LogP contribution in [0.5, 0.6) is 0 Å². The van der Waals surface area contributed by atoms with Crippen molar-refractivity contribution in [3.63, 3.8) is 0 Å². The summed E-state index contributed by atoms with van der Waals surface area (Å²) in [6.45, 7) is 0.661. The van der Waals surface area contributed by atoms with E-state index in [1.165, 1.54) is 0 Å². The molecule has 2 radical (unpaired) electrons. The van der Waals surface area contributed by atoms with E-state index in [-0.39, 0.29) is 0 Å². The standard InChI is InChI=1S/C6H6OS/c1-7-5-6-3-2-4-8-6/h2H,5H2,1H3. The summed E-state index contributed by atoms with van der Waals surface area (Å²) in [7, 11) is 1.67. The van der Waals surface area contributed by atoms with Crippen LogP contribution in [0.25, 0.3) is 0 Å². The second-order valence-electron chi connectivity index (χ2n) is 1.36. The van der Waals surface area contributed by atoms with Crippen molar-refractivity contribution in [3.05, 3.63) is 22.4 Å². The molecule has 0 aromatic carbocycles. The first-order chi connectivity index (χ1) is 3.93. The van der Waals surface area contributed by atoms with Crippen molar-refractivity contribution < 1.29 is 4.74 Å². The van der Waals surface area contributed by atoms with Gasteiger partial charge in [0.2, 0.25) is 0 Å². The van der Waals surface area contributed by atoms with Gasteiger partial charge in [0.1, 0.15) is 0 Å². The lowest BCUT2D eigenvalue weighted by Crippen LogP contribution is -1.79. The lowest BCUT2D eigenvalue weighted by atomic mass is 10.5. The molecule has 42 valence electrons. The Labute approximate surface area is 52.9 Å². The molecule has 0 bridgehead atoms. The number of ether oxygens (including phenoxy) is 1. The molecule has 2 heteroatoms. The molecule has 0 saturated carbocycles. The van der Waals surface area contributed by atoms with E-state index in [2.05, 4.69) is 11.4 Å². The van der Waals surface area contributed by atoms with E-state index in [1.54, 1.807) is 24.5 Å². The van der Waals surface area contributed by atoms with Crippen LogP contribution < -0.4 is 0 Å². The maximum Gasteiger partial charge on any atom is 0.0812 e. The minimum atomic E-state index is 0.661. The molecular weight excluding hydrogens is 120 g/mol. The maximum atomic E-state index is 4.85. The van der Waals surface area contributed by atoms with Gasteiger partial charge in [0.15, 0.2) is 0 Å². The van der Waals surface area contributed by atoms with Gasteiger partial charge in [-0.1, -0.05) is 0 Å². The molecule has 1 nitrogen and oxygen atoms in total. The molecule has 0 N–H and O–H groups in total. The van der Waals surface area contributed by atoms with E-state index in [1.807, 2.05) is 0 Å². The van der Waals surface area contributed by atoms with Crippen molar-refractivity contribution in [2.75, 3.05) is 7.11 Å². The van der Waals surface area contributed by atoms with Gasteiger partial charge in [0, 0.05) is 17.4 Å². The highest BCUT2D eigenvalue weighted by Crippen LogP contribution is 2.06. The van der Waals surface area contributed by atoms with E-state index in [9.17, 15) is 0 Å². The van der Waals surface area contributed by atoms with Crippen molar-refractivity contribution in [3.8, 4) is 0 Å².